The summed E-state index contributed by atoms with van der Waals surface area (Å²) in [5.74, 6) is -0.139. The van der Waals surface area contributed by atoms with Gasteiger partial charge >= 0.3 is 11.9 Å². The van der Waals surface area contributed by atoms with Crippen LogP contribution < -0.4 is 9.47 Å². The molecule has 30 heavy (non-hydrogen) atoms. The fraction of sp³-hybridized carbons (Fsp3) is 0.0769. The largest absolute Gasteiger partial charge is 0.423 e. The molecule has 3 aromatic rings. The standard InChI is InChI=1S/C26H22O4/c1-17(2)19-9-13-23(14-10-19)29-25(27)21-5-7-22(8-6-21)26(28)30-24-15-11-20(12-16-24)18(3)4/h5-16H,1,3H2,2,4H3. The van der Waals surface area contributed by atoms with Crippen LogP contribution in [0.15, 0.2) is 86.0 Å². The minimum absolute atomic E-state index is 0.335. The number of carbonyl (C=O) groups excluding carboxylic acids is 2. The molecule has 0 N–H and O–H groups in total. The molecule has 4 nitrogen and oxygen atoms in total. The van der Waals surface area contributed by atoms with E-state index in [1.165, 1.54) is 24.3 Å². The van der Waals surface area contributed by atoms with E-state index in [2.05, 4.69) is 13.2 Å². The minimum atomic E-state index is -0.506. The normalized spacial score (nSPS) is 10.2. The van der Waals surface area contributed by atoms with E-state index in [1.54, 1.807) is 24.3 Å². The summed E-state index contributed by atoms with van der Waals surface area (Å²) in [6.07, 6.45) is 0. The molecule has 0 saturated heterocycles. The Balaban J connectivity index is 1.63. The summed E-state index contributed by atoms with van der Waals surface area (Å²) >= 11 is 0. The van der Waals surface area contributed by atoms with Crippen LogP contribution in [0.3, 0.4) is 0 Å². The quantitative estimate of drug-likeness (QED) is 0.367. The molecule has 0 amide bonds. The Morgan fingerprint density at radius 3 is 1.07 bits per heavy atom. The third-order valence-corrected chi connectivity index (χ3v) is 4.47. The predicted molar refractivity (Wildman–Crippen MR) is 119 cm³/mol. The van der Waals surface area contributed by atoms with Gasteiger partial charge in [0.25, 0.3) is 0 Å². The van der Waals surface area contributed by atoms with Crippen LogP contribution in [0.2, 0.25) is 0 Å². The molecule has 0 spiro atoms. The van der Waals surface area contributed by atoms with Gasteiger partial charge in [0.2, 0.25) is 0 Å². The smallest absolute Gasteiger partial charge is 0.343 e. The maximum absolute atomic E-state index is 12.3. The van der Waals surface area contributed by atoms with Gasteiger partial charge in [-0.25, -0.2) is 9.59 Å². The molecule has 0 aliphatic heterocycles. The summed E-state index contributed by atoms with van der Waals surface area (Å²) in [7, 11) is 0. The molecule has 0 bridgehead atoms. The number of hydrogen-bond acceptors (Lipinski definition) is 4. The van der Waals surface area contributed by atoms with Crippen molar-refractivity contribution in [3.63, 3.8) is 0 Å². The highest BCUT2D eigenvalue weighted by molar-refractivity contribution is 5.95. The van der Waals surface area contributed by atoms with Crippen molar-refractivity contribution in [3.05, 3.63) is 108 Å². The van der Waals surface area contributed by atoms with Crippen LogP contribution in [0, 0.1) is 0 Å². The molecule has 4 heteroatoms. The minimum Gasteiger partial charge on any atom is -0.423 e. The SMILES string of the molecule is C=C(C)c1ccc(OC(=O)c2ccc(C(=O)Oc3ccc(C(=C)C)cc3)cc2)cc1. The second-order valence-corrected chi connectivity index (χ2v) is 6.97. The van der Waals surface area contributed by atoms with E-state index >= 15 is 0 Å². The third-order valence-electron chi connectivity index (χ3n) is 4.47. The first-order valence-corrected chi connectivity index (χ1v) is 9.40. The van der Waals surface area contributed by atoms with Crippen molar-refractivity contribution < 1.29 is 19.1 Å². The lowest BCUT2D eigenvalue weighted by Gasteiger charge is -2.08. The molecular formula is C26H22O4. The van der Waals surface area contributed by atoms with E-state index in [-0.39, 0.29) is 0 Å². The molecule has 3 rings (SSSR count). The monoisotopic (exact) mass is 398 g/mol. The van der Waals surface area contributed by atoms with Crippen molar-refractivity contribution in [2.24, 2.45) is 0 Å². The summed E-state index contributed by atoms with van der Waals surface area (Å²) in [6, 6.07) is 20.4. The summed E-state index contributed by atoms with van der Waals surface area (Å²) < 4.78 is 10.7. The van der Waals surface area contributed by atoms with Crippen LogP contribution in [0.25, 0.3) is 11.1 Å². The Labute approximate surface area is 176 Å². The molecule has 0 aliphatic rings. The van der Waals surface area contributed by atoms with Crippen molar-refractivity contribution in [1.29, 1.82) is 0 Å². The van der Waals surface area contributed by atoms with Gasteiger partial charge < -0.3 is 9.47 Å². The Morgan fingerprint density at radius 2 is 0.800 bits per heavy atom. The lowest BCUT2D eigenvalue weighted by Crippen LogP contribution is -2.11. The van der Waals surface area contributed by atoms with Gasteiger partial charge in [0, 0.05) is 0 Å². The average molecular weight is 398 g/mol. The second kappa shape index (κ2) is 9.05. The summed E-state index contributed by atoms with van der Waals surface area (Å²) in [5, 5.41) is 0. The highest BCUT2D eigenvalue weighted by Crippen LogP contribution is 2.20. The first kappa shape index (κ1) is 20.8. The fourth-order valence-corrected chi connectivity index (χ4v) is 2.69. The van der Waals surface area contributed by atoms with Crippen molar-refractivity contribution in [2.45, 2.75) is 13.8 Å². The lowest BCUT2D eigenvalue weighted by molar-refractivity contribution is 0.0720. The van der Waals surface area contributed by atoms with Gasteiger partial charge in [-0.1, -0.05) is 48.6 Å². The summed E-state index contributed by atoms with van der Waals surface area (Å²) in [4.78, 5) is 24.7. The second-order valence-electron chi connectivity index (χ2n) is 6.97. The van der Waals surface area contributed by atoms with E-state index in [9.17, 15) is 9.59 Å². The van der Waals surface area contributed by atoms with E-state index in [0.717, 1.165) is 22.3 Å². The fourth-order valence-electron chi connectivity index (χ4n) is 2.69. The summed E-state index contributed by atoms with van der Waals surface area (Å²) in [6.45, 7) is 11.6. The number of benzene rings is 3. The van der Waals surface area contributed by atoms with Crippen LogP contribution in [-0.2, 0) is 0 Å². The van der Waals surface area contributed by atoms with E-state index in [0.29, 0.717) is 22.6 Å². The maximum atomic E-state index is 12.3. The van der Waals surface area contributed by atoms with Crippen molar-refractivity contribution >= 4 is 23.1 Å². The Bertz CT molecular complexity index is 999. The molecular weight excluding hydrogens is 376 g/mol. The molecule has 150 valence electrons. The van der Waals surface area contributed by atoms with Gasteiger partial charge in [-0.2, -0.15) is 0 Å². The van der Waals surface area contributed by atoms with Crippen molar-refractivity contribution in [3.8, 4) is 11.5 Å². The van der Waals surface area contributed by atoms with Crippen LogP contribution in [0.1, 0.15) is 45.7 Å². The van der Waals surface area contributed by atoms with Gasteiger partial charge in [-0.05, 0) is 73.5 Å². The predicted octanol–water partition coefficient (Wildman–Crippen LogP) is 6.19. The Hall–Kier alpha value is -3.92. The number of hydrogen-bond donors (Lipinski definition) is 0. The van der Waals surface area contributed by atoms with Gasteiger partial charge in [-0.15, -0.1) is 0 Å². The average Bonchev–Trinajstić information content (AvgIpc) is 2.74. The van der Waals surface area contributed by atoms with Crippen LogP contribution >= 0.6 is 0 Å². The molecule has 0 saturated carbocycles. The molecule has 3 aromatic carbocycles. The zero-order chi connectivity index (χ0) is 21.7. The van der Waals surface area contributed by atoms with Gasteiger partial charge in [0.1, 0.15) is 11.5 Å². The van der Waals surface area contributed by atoms with E-state index < -0.39 is 11.9 Å². The van der Waals surface area contributed by atoms with E-state index in [1.807, 2.05) is 38.1 Å². The van der Waals surface area contributed by atoms with Gasteiger partial charge in [0.05, 0.1) is 11.1 Å². The van der Waals surface area contributed by atoms with Gasteiger partial charge in [0.15, 0.2) is 0 Å². The molecule has 0 atom stereocenters. The Kier molecular flexibility index (Phi) is 6.28. The molecule has 0 fully saturated rings. The molecule has 0 aromatic heterocycles. The molecule has 0 heterocycles. The first-order chi connectivity index (χ1) is 14.3. The van der Waals surface area contributed by atoms with E-state index in [4.69, 9.17) is 9.47 Å². The molecule has 0 radical (unpaired) electrons. The summed E-state index contributed by atoms with van der Waals surface area (Å²) in [5.41, 5.74) is 4.49. The maximum Gasteiger partial charge on any atom is 0.343 e. The van der Waals surface area contributed by atoms with Gasteiger partial charge in [-0.3, -0.25) is 0 Å². The number of ether oxygens (including phenoxy) is 2. The van der Waals surface area contributed by atoms with Crippen LogP contribution in [0.5, 0.6) is 11.5 Å². The number of rotatable bonds is 6. The number of esters is 2. The highest BCUT2D eigenvalue weighted by atomic mass is 16.5. The number of carbonyl (C=O) groups is 2. The topological polar surface area (TPSA) is 52.6 Å². The van der Waals surface area contributed by atoms with Crippen LogP contribution in [0.4, 0.5) is 0 Å². The Morgan fingerprint density at radius 1 is 0.533 bits per heavy atom. The zero-order valence-corrected chi connectivity index (χ0v) is 17.0. The first-order valence-electron chi connectivity index (χ1n) is 9.40. The van der Waals surface area contributed by atoms with Crippen LogP contribution in [-0.4, -0.2) is 11.9 Å². The zero-order valence-electron chi connectivity index (χ0n) is 17.0. The molecule has 0 unspecified atom stereocenters. The lowest BCUT2D eigenvalue weighted by atomic mass is 10.1. The van der Waals surface area contributed by atoms with Crippen molar-refractivity contribution in [2.75, 3.05) is 0 Å². The van der Waals surface area contributed by atoms with Crippen molar-refractivity contribution in [1.82, 2.24) is 0 Å². The number of allylic oxidation sites excluding steroid dienone is 2. The third kappa shape index (κ3) is 5.11. The highest BCUT2D eigenvalue weighted by Gasteiger charge is 2.13. The molecule has 0 aliphatic carbocycles.